The lowest BCUT2D eigenvalue weighted by molar-refractivity contribution is -0.123. The van der Waals surface area contributed by atoms with E-state index in [0.717, 1.165) is 5.56 Å². The molecule has 2 atom stereocenters. The van der Waals surface area contributed by atoms with Crippen molar-refractivity contribution < 1.29 is 19.1 Å². The van der Waals surface area contributed by atoms with Gasteiger partial charge in [-0.05, 0) is 55.2 Å². The molecule has 2 unspecified atom stereocenters. The van der Waals surface area contributed by atoms with E-state index in [9.17, 15) is 9.59 Å². The second-order valence-corrected chi connectivity index (χ2v) is 8.46. The van der Waals surface area contributed by atoms with E-state index < -0.39 is 0 Å². The number of nitrogens with one attached hydrogen (secondary N) is 1. The largest absolute Gasteiger partial charge is 0.484 e. The fourth-order valence-corrected chi connectivity index (χ4v) is 3.66. The minimum atomic E-state index is -0.189. The van der Waals surface area contributed by atoms with Crippen molar-refractivity contribution in [3.05, 3.63) is 65.2 Å². The lowest BCUT2D eigenvalue weighted by Gasteiger charge is -2.35. The van der Waals surface area contributed by atoms with E-state index in [1.165, 1.54) is 5.56 Å². The van der Waals surface area contributed by atoms with Gasteiger partial charge in [0.1, 0.15) is 5.75 Å². The van der Waals surface area contributed by atoms with Gasteiger partial charge < -0.3 is 19.7 Å². The first-order valence-electron chi connectivity index (χ1n) is 10.8. The van der Waals surface area contributed by atoms with Crippen LogP contribution in [0.4, 0.5) is 0 Å². The molecule has 3 rings (SSSR count). The molecule has 1 fully saturated rings. The first-order valence-corrected chi connectivity index (χ1v) is 10.8. The van der Waals surface area contributed by atoms with Crippen LogP contribution in [-0.2, 0) is 16.1 Å². The molecule has 0 saturated carbocycles. The van der Waals surface area contributed by atoms with Crippen LogP contribution in [-0.4, -0.2) is 48.6 Å². The normalized spacial score (nSPS) is 18.7. The van der Waals surface area contributed by atoms with E-state index in [1.54, 1.807) is 0 Å². The van der Waals surface area contributed by atoms with Crippen LogP contribution in [0.25, 0.3) is 0 Å². The van der Waals surface area contributed by atoms with Crippen LogP contribution < -0.4 is 10.1 Å². The van der Waals surface area contributed by atoms with Crippen molar-refractivity contribution in [2.24, 2.45) is 0 Å². The first kappa shape index (κ1) is 22.8. The Morgan fingerprint density at radius 1 is 1.10 bits per heavy atom. The molecule has 1 heterocycles. The molecule has 1 saturated heterocycles. The highest BCUT2D eigenvalue weighted by Gasteiger charge is 2.26. The van der Waals surface area contributed by atoms with Gasteiger partial charge in [0.15, 0.2) is 6.61 Å². The van der Waals surface area contributed by atoms with Crippen LogP contribution in [0.15, 0.2) is 48.5 Å². The molecule has 6 nitrogen and oxygen atoms in total. The average molecular weight is 425 g/mol. The third-order valence-corrected chi connectivity index (χ3v) is 5.29. The van der Waals surface area contributed by atoms with Crippen molar-refractivity contribution >= 4 is 11.8 Å². The molecule has 2 aromatic carbocycles. The zero-order chi connectivity index (χ0) is 22.4. The number of hydrogen-bond donors (Lipinski definition) is 1. The predicted molar refractivity (Wildman–Crippen MR) is 120 cm³/mol. The minimum absolute atomic E-state index is 0.00890. The summed E-state index contributed by atoms with van der Waals surface area (Å²) in [6.07, 6.45) is 0.0782. The van der Waals surface area contributed by atoms with Crippen LogP contribution in [0.3, 0.4) is 0 Å². The quantitative estimate of drug-likeness (QED) is 0.735. The summed E-state index contributed by atoms with van der Waals surface area (Å²) in [5, 5.41) is 2.85. The van der Waals surface area contributed by atoms with E-state index in [0.29, 0.717) is 36.9 Å². The third-order valence-electron chi connectivity index (χ3n) is 5.29. The molecule has 6 heteroatoms. The van der Waals surface area contributed by atoms with Crippen molar-refractivity contribution in [2.45, 2.75) is 52.4 Å². The summed E-state index contributed by atoms with van der Waals surface area (Å²) >= 11 is 0. The Hall–Kier alpha value is -2.86. The van der Waals surface area contributed by atoms with Gasteiger partial charge in [-0.1, -0.05) is 38.1 Å². The highest BCUT2D eigenvalue weighted by Crippen LogP contribution is 2.20. The van der Waals surface area contributed by atoms with E-state index in [1.807, 2.05) is 67.3 Å². The molecule has 31 heavy (non-hydrogen) atoms. The van der Waals surface area contributed by atoms with Crippen LogP contribution in [0.5, 0.6) is 5.75 Å². The van der Waals surface area contributed by atoms with Crippen LogP contribution in [0.2, 0.25) is 0 Å². The predicted octanol–water partition coefficient (Wildman–Crippen LogP) is 3.75. The van der Waals surface area contributed by atoms with Crippen molar-refractivity contribution in [1.82, 2.24) is 10.2 Å². The minimum Gasteiger partial charge on any atom is -0.484 e. The highest BCUT2D eigenvalue weighted by atomic mass is 16.5. The highest BCUT2D eigenvalue weighted by molar-refractivity contribution is 5.94. The van der Waals surface area contributed by atoms with Gasteiger partial charge in [0.25, 0.3) is 11.8 Å². The Morgan fingerprint density at radius 2 is 1.77 bits per heavy atom. The standard InChI is InChI=1S/C25H32N2O4/c1-17(2)22-6-5-7-23(12-22)30-16-24(28)26-13-20-8-10-21(11-9-20)25(29)27-14-18(3)31-19(4)15-27/h5-12,17-19H,13-16H2,1-4H3,(H,26,28). The zero-order valence-electron chi connectivity index (χ0n) is 18.8. The SMILES string of the molecule is CC1CN(C(=O)c2ccc(CNC(=O)COc3cccc(C(C)C)c3)cc2)CC(C)O1. The maximum atomic E-state index is 12.7. The van der Waals surface area contributed by atoms with Crippen LogP contribution in [0.1, 0.15) is 55.1 Å². The summed E-state index contributed by atoms with van der Waals surface area (Å²) in [5.74, 6) is 0.916. The fourth-order valence-electron chi connectivity index (χ4n) is 3.66. The van der Waals surface area contributed by atoms with Gasteiger partial charge in [0, 0.05) is 25.2 Å². The van der Waals surface area contributed by atoms with Crippen molar-refractivity contribution in [3.8, 4) is 5.75 Å². The van der Waals surface area contributed by atoms with Crippen LogP contribution in [0, 0.1) is 0 Å². The van der Waals surface area contributed by atoms with Gasteiger partial charge >= 0.3 is 0 Å². The molecule has 2 aromatic rings. The van der Waals surface area contributed by atoms with Gasteiger partial charge in [-0.25, -0.2) is 0 Å². The van der Waals surface area contributed by atoms with E-state index >= 15 is 0 Å². The van der Waals surface area contributed by atoms with Gasteiger partial charge in [0.2, 0.25) is 0 Å². The number of carbonyl (C=O) groups is 2. The maximum absolute atomic E-state index is 12.7. The van der Waals surface area contributed by atoms with Crippen molar-refractivity contribution in [2.75, 3.05) is 19.7 Å². The molecule has 0 aliphatic carbocycles. The second-order valence-electron chi connectivity index (χ2n) is 8.46. The third kappa shape index (κ3) is 6.56. The van der Waals surface area contributed by atoms with Gasteiger partial charge in [-0.15, -0.1) is 0 Å². The van der Waals surface area contributed by atoms with Gasteiger partial charge in [0.05, 0.1) is 12.2 Å². The lowest BCUT2D eigenvalue weighted by Crippen LogP contribution is -2.48. The van der Waals surface area contributed by atoms with Gasteiger partial charge in [-0.2, -0.15) is 0 Å². The summed E-state index contributed by atoms with van der Waals surface area (Å²) in [4.78, 5) is 26.7. The number of benzene rings is 2. The maximum Gasteiger partial charge on any atom is 0.258 e. The molecule has 2 amide bonds. The molecular formula is C25H32N2O4. The Bertz CT molecular complexity index is 885. The summed E-state index contributed by atoms with van der Waals surface area (Å²) in [6, 6.07) is 15.1. The molecule has 0 spiro atoms. The topological polar surface area (TPSA) is 67.9 Å². The van der Waals surface area contributed by atoms with Gasteiger partial charge in [-0.3, -0.25) is 9.59 Å². The number of morpholine rings is 1. The Kier molecular flexibility index (Phi) is 7.69. The van der Waals surface area contributed by atoms with E-state index in [-0.39, 0.29) is 30.6 Å². The zero-order valence-corrected chi connectivity index (χ0v) is 18.8. The Morgan fingerprint density at radius 3 is 2.42 bits per heavy atom. The average Bonchev–Trinajstić information content (AvgIpc) is 2.75. The Balaban J connectivity index is 1.47. The number of ether oxygens (including phenoxy) is 2. The molecule has 0 radical (unpaired) electrons. The molecule has 0 aromatic heterocycles. The lowest BCUT2D eigenvalue weighted by atomic mass is 10.0. The fraction of sp³-hybridized carbons (Fsp3) is 0.440. The number of hydrogen-bond acceptors (Lipinski definition) is 4. The monoisotopic (exact) mass is 424 g/mol. The summed E-state index contributed by atoms with van der Waals surface area (Å²) < 4.78 is 11.3. The second kappa shape index (κ2) is 10.4. The summed E-state index contributed by atoms with van der Waals surface area (Å²) in [5.41, 5.74) is 2.74. The van der Waals surface area contributed by atoms with Crippen molar-refractivity contribution in [1.29, 1.82) is 0 Å². The Labute approximate surface area is 184 Å². The van der Waals surface area contributed by atoms with Crippen LogP contribution >= 0.6 is 0 Å². The van der Waals surface area contributed by atoms with E-state index in [2.05, 4.69) is 19.2 Å². The molecule has 1 aliphatic heterocycles. The molecule has 0 bridgehead atoms. The number of rotatable bonds is 7. The van der Waals surface area contributed by atoms with E-state index in [4.69, 9.17) is 9.47 Å². The molecule has 1 N–H and O–H groups in total. The summed E-state index contributed by atoms with van der Waals surface area (Å²) in [6.45, 7) is 9.74. The summed E-state index contributed by atoms with van der Waals surface area (Å²) in [7, 11) is 0. The molecule has 166 valence electrons. The smallest absolute Gasteiger partial charge is 0.258 e. The number of amides is 2. The molecule has 1 aliphatic rings. The first-order chi connectivity index (χ1) is 14.8. The number of nitrogens with zero attached hydrogens (tertiary/aromatic N) is 1. The van der Waals surface area contributed by atoms with Crippen molar-refractivity contribution in [3.63, 3.8) is 0 Å². The molecular weight excluding hydrogens is 392 g/mol. The number of carbonyl (C=O) groups excluding carboxylic acids is 2.